The molecule has 26 heavy (non-hydrogen) atoms. The van der Waals surface area contributed by atoms with Crippen molar-refractivity contribution in [3.63, 3.8) is 0 Å². The van der Waals surface area contributed by atoms with Gasteiger partial charge in [-0.15, -0.1) is 11.3 Å². The smallest absolute Gasteiger partial charge is 0.387 e. The van der Waals surface area contributed by atoms with Gasteiger partial charge in [0.15, 0.2) is 0 Å². The summed E-state index contributed by atoms with van der Waals surface area (Å²) in [5.74, 6) is -0.799. The predicted molar refractivity (Wildman–Crippen MR) is 91.2 cm³/mol. The number of benzene rings is 1. The van der Waals surface area contributed by atoms with Gasteiger partial charge in [0.1, 0.15) is 18.4 Å². The lowest BCUT2D eigenvalue weighted by Gasteiger charge is -2.34. The number of hydrogen-bond acceptors (Lipinski definition) is 5. The molecule has 0 bridgehead atoms. The van der Waals surface area contributed by atoms with Crippen LogP contribution in [-0.4, -0.2) is 42.6 Å². The molecule has 1 atom stereocenters. The van der Waals surface area contributed by atoms with Crippen molar-refractivity contribution in [1.29, 1.82) is 0 Å². The lowest BCUT2D eigenvalue weighted by Crippen LogP contribution is -2.54. The van der Waals surface area contributed by atoms with Crippen molar-refractivity contribution < 1.29 is 27.8 Å². The van der Waals surface area contributed by atoms with Gasteiger partial charge in [-0.2, -0.15) is 8.78 Å². The Morgan fingerprint density at radius 3 is 2.96 bits per heavy atom. The number of thiophene rings is 1. The summed E-state index contributed by atoms with van der Waals surface area (Å²) in [6.45, 7) is -2.65. The Balaban J connectivity index is 1.71. The molecular weight excluding hydrogens is 366 g/mol. The molecule has 0 saturated carbocycles. The zero-order valence-electron chi connectivity index (χ0n) is 13.6. The predicted octanol–water partition coefficient (Wildman–Crippen LogP) is 2.72. The Morgan fingerprint density at radius 2 is 2.23 bits per heavy atom. The van der Waals surface area contributed by atoms with Crippen molar-refractivity contribution in [3.05, 3.63) is 46.7 Å². The first-order chi connectivity index (χ1) is 12.5. The molecule has 138 valence electrons. The summed E-state index contributed by atoms with van der Waals surface area (Å²) >= 11 is 1.49. The number of anilines is 1. The average molecular weight is 382 g/mol. The number of hydrogen-bond donors (Lipinski definition) is 1. The van der Waals surface area contributed by atoms with Crippen molar-refractivity contribution in [1.82, 2.24) is 4.90 Å². The Kier molecular flexibility index (Phi) is 5.79. The molecule has 1 aromatic heterocycles. The van der Waals surface area contributed by atoms with Gasteiger partial charge >= 0.3 is 6.61 Å². The van der Waals surface area contributed by atoms with Crippen molar-refractivity contribution in [2.45, 2.75) is 19.2 Å². The van der Waals surface area contributed by atoms with Crippen LogP contribution in [-0.2, 0) is 20.9 Å². The fourth-order valence-electron chi connectivity index (χ4n) is 2.57. The van der Waals surface area contributed by atoms with E-state index in [1.807, 2.05) is 17.5 Å². The van der Waals surface area contributed by atoms with Crippen LogP contribution in [0.25, 0.3) is 0 Å². The number of alkyl halides is 2. The fourth-order valence-corrected chi connectivity index (χ4v) is 3.27. The lowest BCUT2D eigenvalue weighted by atomic mass is 10.2. The van der Waals surface area contributed by atoms with E-state index in [4.69, 9.17) is 4.74 Å². The molecule has 1 aromatic carbocycles. The minimum absolute atomic E-state index is 0.0655. The third-order valence-corrected chi connectivity index (χ3v) is 4.59. The second-order valence-electron chi connectivity index (χ2n) is 5.53. The van der Waals surface area contributed by atoms with E-state index in [-0.39, 0.29) is 24.9 Å². The van der Waals surface area contributed by atoms with Crippen LogP contribution < -0.4 is 10.1 Å². The Labute approximate surface area is 152 Å². The number of rotatable bonds is 6. The number of halogens is 2. The first kappa shape index (κ1) is 18.3. The topological polar surface area (TPSA) is 67.9 Å². The minimum atomic E-state index is -2.95. The van der Waals surface area contributed by atoms with Crippen molar-refractivity contribution in [2.75, 3.05) is 18.5 Å². The van der Waals surface area contributed by atoms with E-state index < -0.39 is 18.6 Å². The van der Waals surface area contributed by atoms with Gasteiger partial charge in [0.05, 0.1) is 13.2 Å². The highest BCUT2D eigenvalue weighted by atomic mass is 32.1. The molecule has 1 aliphatic rings. The number of carbonyl (C=O) groups is 2. The summed E-state index contributed by atoms with van der Waals surface area (Å²) < 4.78 is 34.1. The standard InChI is InChI=1S/C17H16F2N2O4S/c18-17(19)25-12-4-1-3-11(7-12)20-16(23)14-9-24-10-15(22)21(14)8-13-5-2-6-26-13/h1-7,14,17H,8-10H2,(H,20,23)/t14-/m0/s1. The first-order valence-corrected chi connectivity index (χ1v) is 8.66. The number of morpholine rings is 1. The van der Waals surface area contributed by atoms with Gasteiger partial charge in [0.25, 0.3) is 0 Å². The van der Waals surface area contributed by atoms with Crippen LogP contribution in [0.4, 0.5) is 14.5 Å². The van der Waals surface area contributed by atoms with E-state index in [1.165, 1.54) is 34.4 Å². The maximum atomic E-state index is 12.6. The maximum absolute atomic E-state index is 12.6. The summed E-state index contributed by atoms with van der Waals surface area (Å²) in [7, 11) is 0. The Bertz CT molecular complexity index is 770. The van der Waals surface area contributed by atoms with E-state index in [1.54, 1.807) is 6.07 Å². The maximum Gasteiger partial charge on any atom is 0.387 e. The number of nitrogens with one attached hydrogen (secondary N) is 1. The molecule has 2 aromatic rings. The highest BCUT2D eigenvalue weighted by molar-refractivity contribution is 7.09. The summed E-state index contributed by atoms with van der Waals surface area (Å²) in [5, 5.41) is 4.51. The molecule has 1 aliphatic heterocycles. The molecule has 1 N–H and O–H groups in total. The molecule has 2 amide bonds. The van der Waals surface area contributed by atoms with Crippen LogP contribution in [0.3, 0.4) is 0 Å². The summed E-state index contributed by atoms with van der Waals surface area (Å²) in [6.07, 6.45) is 0. The minimum Gasteiger partial charge on any atom is -0.435 e. The summed E-state index contributed by atoms with van der Waals surface area (Å²) in [6, 6.07) is 8.63. The molecule has 0 unspecified atom stereocenters. The van der Waals surface area contributed by atoms with E-state index in [2.05, 4.69) is 10.1 Å². The molecule has 0 spiro atoms. The van der Waals surface area contributed by atoms with Gasteiger partial charge in [-0.05, 0) is 23.6 Å². The van der Waals surface area contributed by atoms with Crippen molar-refractivity contribution in [3.8, 4) is 5.75 Å². The molecule has 1 fully saturated rings. The monoisotopic (exact) mass is 382 g/mol. The normalized spacial score (nSPS) is 17.4. The highest BCUT2D eigenvalue weighted by Crippen LogP contribution is 2.21. The van der Waals surface area contributed by atoms with Gasteiger partial charge in [0.2, 0.25) is 11.8 Å². The number of ether oxygens (including phenoxy) is 2. The second kappa shape index (κ2) is 8.24. The molecule has 3 rings (SSSR count). The molecular formula is C17H16F2N2O4S. The number of nitrogens with zero attached hydrogens (tertiary/aromatic N) is 1. The van der Waals surface area contributed by atoms with Gasteiger partial charge < -0.3 is 19.7 Å². The van der Waals surface area contributed by atoms with E-state index in [0.29, 0.717) is 12.2 Å². The van der Waals surface area contributed by atoms with Crippen LogP contribution in [0.1, 0.15) is 4.88 Å². The van der Waals surface area contributed by atoms with E-state index >= 15 is 0 Å². The van der Waals surface area contributed by atoms with Crippen LogP contribution in [0, 0.1) is 0 Å². The lowest BCUT2D eigenvalue weighted by molar-refractivity contribution is -0.153. The van der Waals surface area contributed by atoms with Crippen LogP contribution >= 0.6 is 11.3 Å². The van der Waals surface area contributed by atoms with Crippen molar-refractivity contribution in [2.24, 2.45) is 0 Å². The molecule has 1 saturated heterocycles. The van der Waals surface area contributed by atoms with E-state index in [0.717, 1.165) is 4.88 Å². The second-order valence-corrected chi connectivity index (χ2v) is 6.56. The van der Waals surface area contributed by atoms with E-state index in [9.17, 15) is 18.4 Å². The zero-order chi connectivity index (χ0) is 18.5. The fraction of sp³-hybridized carbons (Fsp3) is 0.294. The van der Waals surface area contributed by atoms with Gasteiger partial charge in [-0.1, -0.05) is 12.1 Å². The van der Waals surface area contributed by atoms with Crippen LogP contribution in [0.5, 0.6) is 5.75 Å². The van der Waals surface area contributed by atoms with Gasteiger partial charge in [-0.25, -0.2) is 0 Å². The zero-order valence-corrected chi connectivity index (χ0v) is 14.4. The van der Waals surface area contributed by atoms with Crippen molar-refractivity contribution >= 4 is 28.8 Å². The Morgan fingerprint density at radius 1 is 1.38 bits per heavy atom. The third-order valence-electron chi connectivity index (χ3n) is 3.73. The van der Waals surface area contributed by atoms with Crippen LogP contribution in [0.15, 0.2) is 41.8 Å². The quantitative estimate of drug-likeness (QED) is 0.834. The first-order valence-electron chi connectivity index (χ1n) is 7.78. The summed E-state index contributed by atoms with van der Waals surface area (Å²) in [5.41, 5.74) is 0.294. The Hall–Kier alpha value is -2.52. The average Bonchev–Trinajstić information content (AvgIpc) is 3.09. The largest absolute Gasteiger partial charge is 0.435 e. The van der Waals surface area contributed by atoms with Gasteiger partial charge in [0, 0.05) is 16.6 Å². The molecule has 0 aliphatic carbocycles. The molecule has 6 nitrogen and oxygen atoms in total. The third kappa shape index (κ3) is 4.55. The number of amides is 2. The molecule has 9 heteroatoms. The molecule has 2 heterocycles. The summed E-state index contributed by atoms with van der Waals surface area (Å²) in [4.78, 5) is 27.2. The highest BCUT2D eigenvalue weighted by Gasteiger charge is 2.34. The van der Waals surface area contributed by atoms with Gasteiger partial charge in [-0.3, -0.25) is 9.59 Å². The number of carbonyl (C=O) groups excluding carboxylic acids is 2. The SMILES string of the molecule is O=C(Nc1cccc(OC(F)F)c1)[C@@H]1COCC(=O)N1Cc1cccs1. The molecule has 0 radical (unpaired) electrons. The van der Waals surface area contributed by atoms with Crippen LogP contribution in [0.2, 0.25) is 0 Å².